The number of amides is 1. The zero-order valence-electron chi connectivity index (χ0n) is 11.0. The van der Waals surface area contributed by atoms with Crippen LogP contribution in [0.5, 0.6) is 0 Å². The second kappa shape index (κ2) is 6.44. The van der Waals surface area contributed by atoms with E-state index in [-0.39, 0.29) is 23.9 Å². The zero-order valence-corrected chi connectivity index (χ0v) is 13.4. The van der Waals surface area contributed by atoms with Crippen molar-refractivity contribution in [1.29, 1.82) is 0 Å². The summed E-state index contributed by atoms with van der Waals surface area (Å²) in [6.07, 6.45) is 2.77. The lowest BCUT2D eigenvalue weighted by Crippen LogP contribution is -2.40. The minimum Gasteiger partial charge on any atom is -0.348 e. The van der Waals surface area contributed by atoms with Crippen molar-refractivity contribution in [3.63, 3.8) is 0 Å². The van der Waals surface area contributed by atoms with Gasteiger partial charge in [-0.1, -0.05) is 6.92 Å². The molecule has 0 aliphatic carbocycles. The lowest BCUT2D eigenvalue weighted by atomic mass is 10.5. The van der Waals surface area contributed by atoms with Crippen LogP contribution in [-0.2, 0) is 14.8 Å². The van der Waals surface area contributed by atoms with Crippen LogP contribution in [0.3, 0.4) is 0 Å². The molecule has 1 heterocycles. The maximum absolute atomic E-state index is 12.4. The molecular weight excluding hydrogens is 334 g/mol. The second-order valence-corrected chi connectivity index (χ2v) is 6.91. The summed E-state index contributed by atoms with van der Waals surface area (Å²) in [5.74, 6) is -0.270. The van der Waals surface area contributed by atoms with Gasteiger partial charge in [-0.15, -0.1) is 0 Å². The molecule has 0 atom stereocenters. The van der Waals surface area contributed by atoms with E-state index >= 15 is 0 Å². The predicted octanol–water partition coefficient (Wildman–Crippen LogP) is 0.943. The molecule has 0 unspecified atom stereocenters. The third-order valence-corrected chi connectivity index (χ3v) is 4.80. The lowest BCUT2D eigenvalue weighted by molar-refractivity contribution is -0.128. The number of rotatable bonds is 5. The molecule has 0 fully saturated rings. The molecule has 8 heteroatoms. The zero-order chi connectivity index (χ0) is 14.6. The number of likely N-dealkylation sites (N-methyl/N-ethyl adjacent to an activating group) is 2. The molecule has 1 amide bonds. The summed E-state index contributed by atoms with van der Waals surface area (Å²) in [6, 6.07) is 1.46. The van der Waals surface area contributed by atoms with Crippen LogP contribution in [0.25, 0.3) is 0 Å². The molecule has 0 radical (unpaired) electrons. The Labute approximate surface area is 121 Å². The van der Waals surface area contributed by atoms with Crippen molar-refractivity contribution < 1.29 is 13.2 Å². The minimum atomic E-state index is -3.71. The predicted molar refractivity (Wildman–Crippen MR) is 75.1 cm³/mol. The van der Waals surface area contributed by atoms with Crippen molar-refractivity contribution in [2.45, 2.75) is 11.8 Å². The van der Waals surface area contributed by atoms with E-state index in [9.17, 15) is 13.2 Å². The highest BCUT2D eigenvalue weighted by Gasteiger charge is 2.26. The van der Waals surface area contributed by atoms with Crippen molar-refractivity contribution in [3.05, 3.63) is 22.9 Å². The van der Waals surface area contributed by atoms with Gasteiger partial charge in [0.05, 0.1) is 6.54 Å². The Morgan fingerprint density at radius 2 is 2.00 bits per heavy atom. The van der Waals surface area contributed by atoms with Crippen LogP contribution in [0, 0.1) is 0 Å². The quantitative estimate of drug-likeness (QED) is 0.793. The van der Waals surface area contributed by atoms with E-state index in [4.69, 9.17) is 0 Å². The average molecular weight is 350 g/mol. The van der Waals surface area contributed by atoms with Crippen molar-refractivity contribution in [2.75, 3.05) is 27.2 Å². The van der Waals surface area contributed by atoms with Gasteiger partial charge in [0.2, 0.25) is 15.9 Å². The van der Waals surface area contributed by atoms with Gasteiger partial charge >= 0.3 is 0 Å². The Morgan fingerprint density at radius 3 is 2.47 bits per heavy atom. The Hall–Kier alpha value is -0.990. The summed E-state index contributed by atoms with van der Waals surface area (Å²) in [7, 11) is -0.535. The molecule has 106 valence electrons. The van der Waals surface area contributed by atoms with E-state index in [1.807, 2.05) is 0 Å². The fourth-order valence-corrected chi connectivity index (χ4v) is 3.25. The van der Waals surface area contributed by atoms with Crippen LogP contribution in [0.1, 0.15) is 6.92 Å². The van der Waals surface area contributed by atoms with Crippen molar-refractivity contribution in [3.8, 4) is 0 Å². The van der Waals surface area contributed by atoms with Crippen molar-refractivity contribution >= 4 is 31.9 Å². The molecule has 19 heavy (non-hydrogen) atoms. The molecule has 0 aromatic carbocycles. The van der Waals surface area contributed by atoms with Gasteiger partial charge in [0.25, 0.3) is 0 Å². The summed E-state index contributed by atoms with van der Waals surface area (Å²) in [4.78, 5) is 16.9. The number of pyridine rings is 1. The number of hydrogen-bond donors (Lipinski definition) is 0. The third-order valence-electron chi connectivity index (χ3n) is 2.48. The summed E-state index contributed by atoms with van der Waals surface area (Å²) in [6.45, 7) is 1.72. The number of sulfonamides is 1. The molecule has 0 N–H and O–H groups in total. The van der Waals surface area contributed by atoms with E-state index in [1.54, 1.807) is 21.0 Å². The van der Waals surface area contributed by atoms with Gasteiger partial charge in [-0.25, -0.2) is 8.42 Å². The molecule has 0 saturated heterocycles. The van der Waals surface area contributed by atoms with Gasteiger partial charge in [-0.05, 0) is 22.0 Å². The van der Waals surface area contributed by atoms with Crippen LogP contribution >= 0.6 is 15.9 Å². The first-order valence-corrected chi connectivity index (χ1v) is 7.83. The molecule has 1 aromatic rings. The Morgan fingerprint density at radius 1 is 1.37 bits per heavy atom. The number of carbonyl (C=O) groups excluding carboxylic acids is 1. The average Bonchev–Trinajstić information content (AvgIpc) is 2.35. The van der Waals surface area contributed by atoms with Crippen LogP contribution in [0.15, 0.2) is 27.8 Å². The van der Waals surface area contributed by atoms with Crippen molar-refractivity contribution in [2.24, 2.45) is 0 Å². The maximum atomic E-state index is 12.4. The normalized spacial score (nSPS) is 11.6. The van der Waals surface area contributed by atoms with Gasteiger partial charge in [0, 0.05) is 37.5 Å². The van der Waals surface area contributed by atoms with Crippen LogP contribution in [0.4, 0.5) is 0 Å². The Bertz CT molecular complexity index is 560. The number of hydrogen-bond acceptors (Lipinski definition) is 4. The SMILES string of the molecule is CCN(CC(=O)N(C)C)S(=O)(=O)c1cncc(Br)c1. The Balaban J connectivity index is 3.06. The van der Waals surface area contributed by atoms with Crippen molar-refractivity contribution in [1.82, 2.24) is 14.2 Å². The molecule has 0 bridgehead atoms. The summed E-state index contributed by atoms with van der Waals surface area (Å²) in [5, 5.41) is 0. The topological polar surface area (TPSA) is 70.6 Å². The Kier molecular flexibility index (Phi) is 5.45. The highest BCUT2D eigenvalue weighted by Crippen LogP contribution is 2.18. The molecule has 6 nitrogen and oxygen atoms in total. The van der Waals surface area contributed by atoms with E-state index in [2.05, 4.69) is 20.9 Å². The number of halogens is 1. The standard InChI is InChI=1S/C11H16BrN3O3S/c1-4-15(8-11(16)14(2)3)19(17,18)10-5-9(12)6-13-7-10/h5-7H,4,8H2,1-3H3. The first-order valence-electron chi connectivity index (χ1n) is 5.60. The largest absolute Gasteiger partial charge is 0.348 e. The monoisotopic (exact) mass is 349 g/mol. The van der Waals surface area contributed by atoms with E-state index in [0.717, 1.165) is 4.31 Å². The molecule has 0 aliphatic heterocycles. The first-order chi connectivity index (χ1) is 8.78. The van der Waals surface area contributed by atoms with Gasteiger partial charge in [0.1, 0.15) is 4.90 Å². The fourth-order valence-electron chi connectivity index (χ4n) is 1.34. The van der Waals surface area contributed by atoms with E-state index < -0.39 is 10.0 Å². The van der Waals surface area contributed by atoms with Crippen LogP contribution < -0.4 is 0 Å². The molecule has 0 aliphatic rings. The summed E-state index contributed by atoms with van der Waals surface area (Å²) < 4.78 is 26.4. The van der Waals surface area contributed by atoms with E-state index in [1.165, 1.54) is 23.4 Å². The summed E-state index contributed by atoms with van der Waals surface area (Å²) in [5.41, 5.74) is 0. The van der Waals surface area contributed by atoms with Gasteiger partial charge in [0.15, 0.2) is 0 Å². The van der Waals surface area contributed by atoms with Gasteiger partial charge in [-0.2, -0.15) is 4.31 Å². The second-order valence-electron chi connectivity index (χ2n) is 4.06. The van der Waals surface area contributed by atoms with Crippen LogP contribution in [0.2, 0.25) is 0 Å². The smallest absolute Gasteiger partial charge is 0.245 e. The molecule has 0 spiro atoms. The minimum absolute atomic E-state index is 0.0651. The van der Waals surface area contributed by atoms with E-state index in [0.29, 0.717) is 4.47 Å². The fraction of sp³-hybridized carbons (Fsp3) is 0.455. The third kappa shape index (κ3) is 3.99. The lowest BCUT2D eigenvalue weighted by Gasteiger charge is -2.21. The van der Waals surface area contributed by atoms with Gasteiger partial charge in [-0.3, -0.25) is 9.78 Å². The molecule has 1 rings (SSSR count). The first kappa shape index (κ1) is 16.1. The van der Waals surface area contributed by atoms with Gasteiger partial charge < -0.3 is 4.90 Å². The summed E-state index contributed by atoms with van der Waals surface area (Å²) >= 11 is 3.18. The highest BCUT2D eigenvalue weighted by atomic mass is 79.9. The maximum Gasteiger partial charge on any atom is 0.245 e. The van der Waals surface area contributed by atoms with Crippen LogP contribution in [-0.4, -0.2) is 55.7 Å². The molecule has 0 saturated carbocycles. The highest BCUT2D eigenvalue weighted by molar-refractivity contribution is 9.10. The molecular formula is C11H16BrN3O3S. The molecule has 1 aromatic heterocycles. The number of nitrogens with zero attached hydrogens (tertiary/aromatic N) is 3. The number of aromatic nitrogens is 1. The number of carbonyl (C=O) groups is 1.